The summed E-state index contributed by atoms with van der Waals surface area (Å²) in [6.45, 7) is 3.73. The van der Waals surface area contributed by atoms with Crippen LogP contribution in [0.15, 0.2) is 36.4 Å². The Balaban J connectivity index is 1.66. The Morgan fingerprint density at radius 3 is 2.56 bits per heavy atom. The second-order valence-electron chi connectivity index (χ2n) is 8.42. The van der Waals surface area contributed by atoms with Crippen LogP contribution in [0.25, 0.3) is 11.1 Å². The van der Waals surface area contributed by atoms with Crippen molar-refractivity contribution in [1.29, 1.82) is 0 Å². The molecule has 0 radical (unpaired) electrons. The van der Waals surface area contributed by atoms with Gasteiger partial charge >= 0.3 is 0 Å². The van der Waals surface area contributed by atoms with E-state index in [0.29, 0.717) is 11.3 Å². The lowest BCUT2D eigenvalue weighted by molar-refractivity contribution is -0.121. The summed E-state index contributed by atoms with van der Waals surface area (Å²) in [5, 5.41) is 2.99. The summed E-state index contributed by atoms with van der Waals surface area (Å²) in [5.41, 5.74) is 1.29. The highest BCUT2D eigenvalue weighted by Crippen LogP contribution is 2.32. The number of amides is 2. The first kappa shape index (κ1) is 22.7. The molecule has 2 aromatic carbocycles. The monoisotopic (exact) mass is 479 g/mol. The lowest BCUT2D eigenvalue weighted by Crippen LogP contribution is -2.59. The Hall–Kier alpha value is -2.49. The Bertz CT molecular complexity index is 1200. The lowest BCUT2D eigenvalue weighted by atomic mass is 10.0. The summed E-state index contributed by atoms with van der Waals surface area (Å²) >= 11 is 5.83. The van der Waals surface area contributed by atoms with Crippen LogP contribution >= 0.6 is 11.6 Å². The van der Waals surface area contributed by atoms with Crippen LogP contribution in [0.3, 0.4) is 0 Å². The smallest absolute Gasteiger partial charge is 0.256 e. The Morgan fingerprint density at radius 1 is 1.12 bits per heavy atom. The van der Waals surface area contributed by atoms with E-state index in [1.165, 1.54) is 27.4 Å². The molecule has 0 spiro atoms. The topological polar surface area (TPSA) is 86.8 Å². The van der Waals surface area contributed by atoms with Crippen molar-refractivity contribution in [2.24, 2.45) is 5.92 Å². The standard InChI is InChI=1S/C22H23ClFN3O4S/c1-13(2)12-32(30,31)26-7-8-27-20(11-26)21(28)25-19-6-3-14(9-17(19)22(27)29)16-5-4-15(23)10-18(16)24/h3-6,9-10,13,20H,7-8,11-12H2,1-2H3,(H,25,28). The van der Waals surface area contributed by atoms with Gasteiger partial charge in [-0.05, 0) is 41.8 Å². The SMILES string of the molecule is CC(C)CS(=O)(=O)N1CCN2C(=O)c3cc(-c4ccc(Cl)cc4F)ccc3NC(=O)C2C1. The molecule has 4 rings (SSSR count). The molecule has 0 bridgehead atoms. The minimum atomic E-state index is -3.54. The van der Waals surface area contributed by atoms with Gasteiger partial charge in [0, 0.05) is 30.2 Å². The number of carbonyl (C=O) groups excluding carboxylic acids is 2. The number of anilines is 1. The first-order chi connectivity index (χ1) is 15.1. The van der Waals surface area contributed by atoms with E-state index in [2.05, 4.69) is 5.32 Å². The van der Waals surface area contributed by atoms with Gasteiger partial charge < -0.3 is 10.2 Å². The molecule has 0 saturated carbocycles. The van der Waals surface area contributed by atoms with Gasteiger partial charge in [-0.15, -0.1) is 0 Å². The molecule has 2 aromatic rings. The average molecular weight is 480 g/mol. The molecule has 170 valence electrons. The number of carbonyl (C=O) groups is 2. The molecule has 32 heavy (non-hydrogen) atoms. The second kappa shape index (κ2) is 8.46. The number of rotatable bonds is 4. The van der Waals surface area contributed by atoms with Gasteiger partial charge in [0.25, 0.3) is 5.91 Å². The molecule has 2 aliphatic heterocycles. The molecule has 10 heteroatoms. The predicted molar refractivity (Wildman–Crippen MR) is 120 cm³/mol. The van der Waals surface area contributed by atoms with E-state index in [1.807, 2.05) is 13.8 Å². The zero-order valence-electron chi connectivity index (χ0n) is 17.6. The fourth-order valence-electron chi connectivity index (χ4n) is 4.10. The van der Waals surface area contributed by atoms with Crippen LogP contribution in [0.2, 0.25) is 5.02 Å². The molecule has 0 aromatic heterocycles. The van der Waals surface area contributed by atoms with Crippen molar-refractivity contribution in [2.45, 2.75) is 19.9 Å². The maximum Gasteiger partial charge on any atom is 0.256 e. The number of piperazine rings is 1. The molecule has 1 unspecified atom stereocenters. The Morgan fingerprint density at radius 2 is 1.88 bits per heavy atom. The average Bonchev–Trinajstić information content (AvgIpc) is 2.81. The lowest BCUT2D eigenvalue weighted by Gasteiger charge is -2.38. The molecule has 0 aliphatic carbocycles. The Kier molecular flexibility index (Phi) is 6.00. The van der Waals surface area contributed by atoms with Crippen LogP contribution in [0.1, 0.15) is 24.2 Å². The van der Waals surface area contributed by atoms with Crippen molar-refractivity contribution in [3.05, 3.63) is 52.8 Å². The van der Waals surface area contributed by atoms with Gasteiger partial charge in [-0.25, -0.2) is 12.8 Å². The van der Waals surface area contributed by atoms with E-state index in [1.54, 1.807) is 18.2 Å². The van der Waals surface area contributed by atoms with Crippen molar-refractivity contribution >= 4 is 39.1 Å². The summed E-state index contributed by atoms with van der Waals surface area (Å²) in [6.07, 6.45) is 0. The summed E-state index contributed by atoms with van der Waals surface area (Å²) in [4.78, 5) is 27.6. The number of halogens is 2. The van der Waals surface area contributed by atoms with Crippen LogP contribution in [0.4, 0.5) is 10.1 Å². The molecule has 1 saturated heterocycles. The first-order valence-corrected chi connectivity index (χ1v) is 12.2. The molecule has 1 N–H and O–H groups in total. The van der Waals surface area contributed by atoms with Crippen LogP contribution in [0.5, 0.6) is 0 Å². The maximum atomic E-state index is 14.4. The van der Waals surface area contributed by atoms with E-state index >= 15 is 0 Å². The highest BCUT2D eigenvalue weighted by Gasteiger charge is 2.42. The summed E-state index contributed by atoms with van der Waals surface area (Å²) < 4.78 is 41.0. The van der Waals surface area contributed by atoms with Crippen molar-refractivity contribution in [2.75, 3.05) is 30.7 Å². The third kappa shape index (κ3) is 4.24. The van der Waals surface area contributed by atoms with Crippen LogP contribution in [0, 0.1) is 11.7 Å². The van der Waals surface area contributed by atoms with Crippen LogP contribution < -0.4 is 5.32 Å². The van der Waals surface area contributed by atoms with Gasteiger partial charge in [0.2, 0.25) is 15.9 Å². The van der Waals surface area contributed by atoms with E-state index in [4.69, 9.17) is 11.6 Å². The van der Waals surface area contributed by atoms with E-state index in [-0.39, 0.29) is 47.5 Å². The van der Waals surface area contributed by atoms with Crippen molar-refractivity contribution in [3.63, 3.8) is 0 Å². The highest BCUT2D eigenvalue weighted by molar-refractivity contribution is 7.89. The van der Waals surface area contributed by atoms with E-state index < -0.39 is 33.7 Å². The maximum absolute atomic E-state index is 14.4. The van der Waals surface area contributed by atoms with Crippen molar-refractivity contribution in [3.8, 4) is 11.1 Å². The largest absolute Gasteiger partial charge is 0.324 e. The molecule has 2 amide bonds. The number of nitrogens with zero attached hydrogens (tertiary/aromatic N) is 2. The highest BCUT2D eigenvalue weighted by atomic mass is 35.5. The van der Waals surface area contributed by atoms with Gasteiger partial charge in [-0.3, -0.25) is 9.59 Å². The first-order valence-electron chi connectivity index (χ1n) is 10.3. The number of sulfonamides is 1. The second-order valence-corrected chi connectivity index (χ2v) is 10.9. The molecule has 1 fully saturated rings. The predicted octanol–water partition coefficient (Wildman–Crippen LogP) is 3.21. The van der Waals surface area contributed by atoms with Gasteiger partial charge in [0.15, 0.2) is 0 Å². The van der Waals surface area contributed by atoms with Crippen LogP contribution in [-0.2, 0) is 14.8 Å². The minimum absolute atomic E-state index is 0.0223. The zero-order valence-corrected chi connectivity index (χ0v) is 19.2. The van der Waals surface area contributed by atoms with Crippen molar-refractivity contribution < 1.29 is 22.4 Å². The summed E-state index contributed by atoms with van der Waals surface area (Å²) in [6, 6.07) is 8.04. The molecular weight excluding hydrogens is 457 g/mol. The van der Waals surface area contributed by atoms with Gasteiger partial charge in [0.05, 0.1) is 17.0 Å². The Labute approximate surface area is 191 Å². The van der Waals surface area contributed by atoms with Gasteiger partial charge in [-0.1, -0.05) is 31.5 Å². The number of fused-ring (bicyclic) bond motifs is 2. The number of hydrogen-bond acceptors (Lipinski definition) is 4. The molecule has 1 atom stereocenters. The van der Waals surface area contributed by atoms with E-state index in [0.717, 1.165) is 0 Å². The minimum Gasteiger partial charge on any atom is -0.324 e. The fraction of sp³-hybridized carbons (Fsp3) is 0.364. The third-order valence-electron chi connectivity index (χ3n) is 5.59. The summed E-state index contributed by atoms with van der Waals surface area (Å²) in [5.74, 6) is -1.46. The van der Waals surface area contributed by atoms with Gasteiger partial charge in [0.1, 0.15) is 11.9 Å². The zero-order chi connectivity index (χ0) is 23.2. The number of benzene rings is 2. The quantitative estimate of drug-likeness (QED) is 0.729. The third-order valence-corrected chi connectivity index (χ3v) is 8.04. The number of nitrogens with one attached hydrogen (secondary N) is 1. The molecule has 2 aliphatic rings. The normalized spacial score (nSPS) is 19.4. The molecule has 2 heterocycles. The molecular formula is C22H23ClFN3O4S. The summed E-state index contributed by atoms with van der Waals surface area (Å²) in [7, 11) is -3.54. The molecule has 7 nitrogen and oxygen atoms in total. The number of hydrogen-bond donors (Lipinski definition) is 1. The van der Waals surface area contributed by atoms with E-state index in [9.17, 15) is 22.4 Å². The fourth-order valence-corrected chi connectivity index (χ4v) is 6.04. The van der Waals surface area contributed by atoms with Crippen LogP contribution in [-0.4, -0.2) is 60.9 Å². The van der Waals surface area contributed by atoms with Gasteiger partial charge in [-0.2, -0.15) is 4.31 Å². The van der Waals surface area contributed by atoms with Crippen molar-refractivity contribution in [1.82, 2.24) is 9.21 Å².